The minimum atomic E-state index is 0.803. The highest BCUT2D eigenvalue weighted by Crippen LogP contribution is 2.24. The third-order valence-electron chi connectivity index (χ3n) is 5.48. The third-order valence-corrected chi connectivity index (χ3v) is 5.48. The number of hydrogen-bond donors (Lipinski definition) is 0. The Labute approximate surface area is 164 Å². The molecular weight excluding hydrogens is 350 g/mol. The lowest BCUT2D eigenvalue weighted by atomic mass is 10.0. The van der Waals surface area contributed by atoms with E-state index in [9.17, 15) is 0 Å². The van der Waals surface area contributed by atoms with Gasteiger partial charge in [0, 0.05) is 57.9 Å². The van der Waals surface area contributed by atoms with Crippen molar-refractivity contribution < 1.29 is 0 Å². The zero-order chi connectivity index (χ0) is 18.8. The lowest BCUT2D eigenvalue weighted by Crippen LogP contribution is -2.47. The molecule has 1 fully saturated rings. The Bertz CT molecular complexity index is 938. The molecule has 0 radical (unpaired) electrons. The van der Waals surface area contributed by atoms with Gasteiger partial charge in [-0.15, -0.1) is 0 Å². The molecule has 2 aliphatic rings. The standard InChI is InChI=1S/C21H23N7/c1-2-5-18-16-28(11-7-17(18)4-1)21-24-10-6-19(25-21)26-12-14-27(15-13-26)20-22-8-3-9-23-20/h1-6,8-10H,7,11-16H2. The fourth-order valence-electron chi connectivity index (χ4n) is 3.92. The first-order valence-electron chi connectivity index (χ1n) is 9.78. The minimum Gasteiger partial charge on any atom is -0.353 e. The number of piperazine rings is 1. The second kappa shape index (κ2) is 7.42. The molecule has 0 spiro atoms. The summed E-state index contributed by atoms with van der Waals surface area (Å²) in [5, 5.41) is 0. The van der Waals surface area contributed by atoms with Crippen LogP contribution in [-0.2, 0) is 13.0 Å². The maximum absolute atomic E-state index is 4.88. The van der Waals surface area contributed by atoms with Crippen LogP contribution in [0.2, 0.25) is 0 Å². The van der Waals surface area contributed by atoms with E-state index in [0.29, 0.717) is 0 Å². The topological polar surface area (TPSA) is 61.3 Å². The Morgan fingerprint density at radius 2 is 1.32 bits per heavy atom. The average Bonchev–Trinajstić information content (AvgIpc) is 2.79. The van der Waals surface area contributed by atoms with Crippen molar-refractivity contribution in [3.63, 3.8) is 0 Å². The number of hydrogen-bond acceptors (Lipinski definition) is 7. The van der Waals surface area contributed by atoms with Crippen LogP contribution in [0.4, 0.5) is 17.7 Å². The van der Waals surface area contributed by atoms with Crippen LogP contribution in [0.15, 0.2) is 55.0 Å². The summed E-state index contributed by atoms with van der Waals surface area (Å²) in [6.07, 6.45) is 6.51. The van der Waals surface area contributed by atoms with Gasteiger partial charge >= 0.3 is 0 Å². The van der Waals surface area contributed by atoms with Crippen molar-refractivity contribution >= 4 is 17.7 Å². The summed E-state index contributed by atoms with van der Waals surface area (Å²) in [6, 6.07) is 12.5. The quantitative estimate of drug-likeness (QED) is 0.697. The van der Waals surface area contributed by atoms with Gasteiger partial charge < -0.3 is 14.7 Å². The maximum Gasteiger partial charge on any atom is 0.227 e. The van der Waals surface area contributed by atoms with Crippen molar-refractivity contribution in [2.45, 2.75) is 13.0 Å². The fourth-order valence-corrected chi connectivity index (χ4v) is 3.92. The molecule has 7 heteroatoms. The first kappa shape index (κ1) is 16.9. The van der Waals surface area contributed by atoms with Crippen LogP contribution >= 0.6 is 0 Å². The number of aromatic nitrogens is 4. The van der Waals surface area contributed by atoms with Gasteiger partial charge in [0.2, 0.25) is 11.9 Å². The number of nitrogens with zero attached hydrogens (tertiary/aromatic N) is 7. The van der Waals surface area contributed by atoms with Crippen molar-refractivity contribution in [1.82, 2.24) is 19.9 Å². The van der Waals surface area contributed by atoms with Crippen LogP contribution in [0, 0.1) is 0 Å². The highest BCUT2D eigenvalue weighted by Gasteiger charge is 2.22. The molecule has 5 rings (SSSR count). The summed E-state index contributed by atoms with van der Waals surface area (Å²) in [7, 11) is 0. The van der Waals surface area contributed by atoms with Gasteiger partial charge in [-0.3, -0.25) is 0 Å². The summed E-state index contributed by atoms with van der Waals surface area (Å²) in [4.78, 5) is 25.0. The predicted octanol–water partition coefficient (Wildman–Crippen LogP) is 2.16. The average molecular weight is 373 g/mol. The molecule has 0 aliphatic carbocycles. The molecule has 0 N–H and O–H groups in total. The van der Waals surface area contributed by atoms with Crippen LogP contribution < -0.4 is 14.7 Å². The summed E-state index contributed by atoms with van der Waals surface area (Å²) in [6.45, 7) is 5.41. The SMILES string of the molecule is c1cnc(N2CCN(c3ccnc(N4CCc5ccccc5C4)n3)CC2)nc1. The van der Waals surface area contributed by atoms with E-state index < -0.39 is 0 Å². The molecule has 7 nitrogen and oxygen atoms in total. The van der Waals surface area contributed by atoms with E-state index in [1.807, 2.05) is 18.3 Å². The largest absolute Gasteiger partial charge is 0.353 e. The molecule has 28 heavy (non-hydrogen) atoms. The van der Waals surface area contributed by atoms with Crippen molar-refractivity contribution in [1.29, 1.82) is 0 Å². The van der Waals surface area contributed by atoms with Gasteiger partial charge in [-0.05, 0) is 29.7 Å². The van der Waals surface area contributed by atoms with Gasteiger partial charge in [0.25, 0.3) is 0 Å². The van der Waals surface area contributed by atoms with E-state index in [1.54, 1.807) is 12.4 Å². The molecule has 1 aromatic carbocycles. The van der Waals surface area contributed by atoms with E-state index in [2.05, 4.69) is 53.9 Å². The molecule has 2 aliphatic heterocycles. The monoisotopic (exact) mass is 373 g/mol. The minimum absolute atomic E-state index is 0.803. The second-order valence-corrected chi connectivity index (χ2v) is 7.18. The van der Waals surface area contributed by atoms with Gasteiger partial charge in [0.1, 0.15) is 5.82 Å². The molecular formula is C21H23N7. The fraction of sp³-hybridized carbons (Fsp3) is 0.333. The van der Waals surface area contributed by atoms with E-state index in [4.69, 9.17) is 4.98 Å². The Balaban J connectivity index is 1.28. The first-order valence-corrected chi connectivity index (χ1v) is 9.78. The molecule has 0 bridgehead atoms. The van der Waals surface area contributed by atoms with Gasteiger partial charge in [-0.1, -0.05) is 24.3 Å². The zero-order valence-electron chi connectivity index (χ0n) is 15.8. The molecule has 0 unspecified atom stereocenters. The summed E-state index contributed by atoms with van der Waals surface area (Å²) < 4.78 is 0. The number of anilines is 3. The third kappa shape index (κ3) is 3.35. The van der Waals surface area contributed by atoms with Crippen molar-refractivity contribution in [2.24, 2.45) is 0 Å². The van der Waals surface area contributed by atoms with Crippen molar-refractivity contribution in [3.05, 3.63) is 66.1 Å². The van der Waals surface area contributed by atoms with Gasteiger partial charge in [-0.25, -0.2) is 15.0 Å². The van der Waals surface area contributed by atoms with E-state index in [1.165, 1.54) is 11.1 Å². The molecule has 0 saturated carbocycles. The Kier molecular flexibility index (Phi) is 4.48. The molecule has 2 aromatic heterocycles. The molecule has 1 saturated heterocycles. The molecule has 0 amide bonds. The Morgan fingerprint density at radius 3 is 2.14 bits per heavy atom. The number of rotatable bonds is 3. The predicted molar refractivity (Wildman–Crippen MR) is 110 cm³/mol. The van der Waals surface area contributed by atoms with Crippen LogP contribution in [0.1, 0.15) is 11.1 Å². The van der Waals surface area contributed by atoms with Crippen LogP contribution in [0.25, 0.3) is 0 Å². The normalized spacial score (nSPS) is 16.8. The van der Waals surface area contributed by atoms with Gasteiger partial charge in [0.05, 0.1) is 0 Å². The van der Waals surface area contributed by atoms with E-state index in [0.717, 1.165) is 63.4 Å². The number of fused-ring (bicyclic) bond motifs is 1. The zero-order valence-corrected chi connectivity index (χ0v) is 15.8. The van der Waals surface area contributed by atoms with E-state index in [-0.39, 0.29) is 0 Å². The highest BCUT2D eigenvalue weighted by atomic mass is 15.3. The van der Waals surface area contributed by atoms with Crippen LogP contribution in [-0.4, -0.2) is 52.7 Å². The van der Waals surface area contributed by atoms with E-state index >= 15 is 0 Å². The lowest BCUT2D eigenvalue weighted by Gasteiger charge is -2.36. The van der Waals surface area contributed by atoms with Crippen LogP contribution in [0.3, 0.4) is 0 Å². The molecule has 142 valence electrons. The summed E-state index contributed by atoms with van der Waals surface area (Å²) >= 11 is 0. The van der Waals surface area contributed by atoms with Gasteiger partial charge in [0.15, 0.2) is 0 Å². The number of benzene rings is 1. The van der Waals surface area contributed by atoms with Crippen LogP contribution in [0.5, 0.6) is 0 Å². The second-order valence-electron chi connectivity index (χ2n) is 7.18. The van der Waals surface area contributed by atoms with Crippen molar-refractivity contribution in [3.8, 4) is 0 Å². The lowest BCUT2D eigenvalue weighted by molar-refractivity contribution is 0.631. The summed E-state index contributed by atoms with van der Waals surface area (Å²) in [5.74, 6) is 2.62. The first-order chi connectivity index (χ1) is 13.9. The Hall–Kier alpha value is -3.22. The van der Waals surface area contributed by atoms with Crippen molar-refractivity contribution in [2.75, 3.05) is 47.4 Å². The molecule has 3 aromatic rings. The summed E-state index contributed by atoms with van der Waals surface area (Å²) in [5.41, 5.74) is 2.81. The molecule has 0 atom stereocenters. The highest BCUT2D eigenvalue weighted by molar-refractivity contribution is 5.47. The maximum atomic E-state index is 4.88. The smallest absolute Gasteiger partial charge is 0.227 e. The molecule has 4 heterocycles. The van der Waals surface area contributed by atoms with Gasteiger partial charge in [-0.2, -0.15) is 4.98 Å². The Morgan fingerprint density at radius 1 is 0.607 bits per heavy atom.